The van der Waals surface area contributed by atoms with Crippen LogP contribution in [-0.4, -0.2) is 17.9 Å². The first kappa shape index (κ1) is 25.5. The highest BCUT2D eigenvalue weighted by Crippen LogP contribution is 2.42. The van der Waals surface area contributed by atoms with Gasteiger partial charge in [0, 0.05) is 28.3 Å². The molecule has 0 aromatic carbocycles. The summed E-state index contributed by atoms with van der Waals surface area (Å²) >= 11 is 3.49. The largest absolute Gasteiger partial charge is 0.498 e. The number of hydrogen-bond acceptors (Lipinski definition) is 2. The molecule has 1 rings (SSSR count). The summed E-state index contributed by atoms with van der Waals surface area (Å²) in [5.41, 5.74) is 1.76. The Morgan fingerprint density at radius 3 is 1.79 bits per heavy atom. The molecule has 0 radical (unpaired) electrons. The number of allylic oxidation sites excluding steroid dienone is 3. The Hall–Kier alpha value is -0.530. The first-order valence-corrected chi connectivity index (χ1v) is 12.8. The van der Waals surface area contributed by atoms with Crippen LogP contribution in [0.3, 0.4) is 0 Å². The summed E-state index contributed by atoms with van der Waals surface area (Å²) in [7, 11) is 0. The lowest BCUT2D eigenvalue weighted by molar-refractivity contribution is 0.177. The van der Waals surface area contributed by atoms with Crippen LogP contribution >= 0.6 is 15.9 Å². The molecule has 0 amide bonds. The highest BCUT2D eigenvalue weighted by atomic mass is 79.9. The molecular weight excluding hydrogens is 412 g/mol. The Balaban J connectivity index is 1.96. The van der Waals surface area contributed by atoms with Crippen molar-refractivity contribution in [2.45, 2.75) is 117 Å². The normalized spacial score (nSPS) is 16.4. The van der Waals surface area contributed by atoms with E-state index in [0.717, 1.165) is 48.1 Å². The van der Waals surface area contributed by atoms with Gasteiger partial charge >= 0.3 is 0 Å². The topological polar surface area (TPSA) is 26.3 Å². The third-order valence-electron chi connectivity index (χ3n) is 6.10. The maximum atomic E-state index is 11.3. The molecule has 0 unspecified atom stereocenters. The van der Waals surface area contributed by atoms with E-state index in [0.29, 0.717) is 0 Å². The number of alkyl halides is 1. The molecule has 3 heteroatoms. The summed E-state index contributed by atoms with van der Waals surface area (Å²) in [6.45, 7) is 7.05. The molecule has 1 aliphatic carbocycles. The molecule has 0 spiro atoms. The Labute approximate surface area is 182 Å². The van der Waals surface area contributed by atoms with Crippen LogP contribution < -0.4 is 0 Å². The van der Waals surface area contributed by atoms with Crippen LogP contribution in [0.15, 0.2) is 16.9 Å². The Bertz CT molecular complexity index is 501. The summed E-state index contributed by atoms with van der Waals surface area (Å²) < 4.78 is 6.00. The van der Waals surface area contributed by atoms with Crippen molar-refractivity contribution in [2.24, 2.45) is 5.41 Å². The van der Waals surface area contributed by atoms with Crippen LogP contribution in [0.25, 0.3) is 0 Å². The van der Waals surface area contributed by atoms with Crippen LogP contribution in [0.4, 0.5) is 0 Å². The fourth-order valence-electron chi connectivity index (χ4n) is 4.12. The van der Waals surface area contributed by atoms with E-state index in [2.05, 4.69) is 35.7 Å². The van der Waals surface area contributed by atoms with Crippen molar-refractivity contribution in [2.75, 3.05) is 11.9 Å². The molecule has 28 heavy (non-hydrogen) atoms. The molecule has 0 aromatic heterocycles. The van der Waals surface area contributed by atoms with Gasteiger partial charge in [0.05, 0.1) is 12.4 Å². The van der Waals surface area contributed by atoms with E-state index in [1.54, 1.807) is 0 Å². The number of carbonyl (C=O) groups excluding carboxylic acids is 1. The first-order chi connectivity index (χ1) is 13.5. The van der Waals surface area contributed by atoms with E-state index in [1.807, 2.05) is 6.92 Å². The quantitative estimate of drug-likeness (QED) is 0.133. The summed E-state index contributed by atoms with van der Waals surface area (Å²) in [4.78, 5) is 11.3. The zero-order chi connectivity index (χ0) is 20.7. The predicted molar refractivity (Wildman–Crippen MR) is 125 cm³/mol. The van der Waals surface area contributed by atoms with Crippen LogP contribution in [0.5, 0.6) is 0 Å². The fourth-order valence-corrected chi connectivity index (χ4v) is 4.51. The molecule has 2 nitrogen and oxygen atoms in total. The van der Waals surface area contributed by atoms with Gasteiger partial charge in [-0.25, -0.2) is 4.79 Å². The molecular formula is C25H43BrO2. The number of unbranched alkanes of at least 4 members (excludes halogenated alkanes) is 12. The third-order valence-corrected chi connectivity index (χ3v) is 6.66. The van der Waals surface area contributed by atoms with Crippen molar-refractivity contribution in [3.8, 4) is 0 Å². The Morgan fingerprint density at radius 2 is 1.32 bits per heavy atom. The minimum absolute atomic E-state index is 0.0635. The average Bonchev–Trinajstić information content (AvgIpc) is 2.66. The molecule has 0 aliphatic heterocycles. The predicted octanol–water partition coefficient (Wildman–Crippen LogP) is 8.32. The summed E-state index contributed by atoms with van der Waals surface area (Å²) in [6.07, 6.45) is 19.6. The second kappa shape index (κ2) is 15.3. The van der Waals surface area contributed by atoms with Gasteiger partial charge in [0.1, 0.15) is 5.94 Å². The van der Waals surface area contributed by atoms with E-state index in [-0.39, 0.29) is 5.41 Å². The van der Waals surface area contributed by atoms with E-state index in [9.17, 15) is 4.79 Å². The van der Waals surface area contributed by atoms with Gasteiger partial charge in [-0.1, -0.05) is 100 Å². The van der Waals surface area contributed by atoms with Crippen molar-refractivity contribution in [1.29, 1.82) is 0 Å². The monoisotopic (exact) mass is 454 g/mol. The molecule has 0 heterocycles. The van der Waals surface area contributed by atoms with Gasteiger partial charge in [0.15, 0.2) is 0 Å². The van der Waals surface area contributed by atoms with Crippen LogP contribution in [-0.2, 0) is 9.53 Å². The second-order valence-electron chi connectivity index (χ2n) is 9.04. The number of halogens is 1. The van der Waals surface area contributed by atoms with Gasteiger partial charge in [-0.3, -0.25) is 0 Å². The summed E-state index contributed by atoms with van der Waals surface area (Å²) in [5.74, 6) is 3.17. The van der Waals surface area contributed by atoms with Gasteiger partial charge in [0.2, 0.25) is 0 Å². The smallest absolute Gasteiger partial charge is 0.128 e. The van der Waals surface area contributed by atoms with E-state index in [4.69, 9.17) is 4.74 Å². The van der Waals surface area contributed by atoms with Gasteiger partial charge < -0.3 is 4.74 Å². The number of hydrogen-bond donors (Lipinski definition) is 0. The minimum Gasteiger partial charge on any atom is -0.498 e. The van der Waals surface area contributed by atoms with Crippen LogP contribution in [0.2, 0.25) is 0 Å². The number of rotatable bonds is 16. The SMILES string of the molecule is CC1=C(OCCCCCCCCCCCCCCCBr)CCC(C)(C)C1=C=O. The molecule has 162 valence electrons. The lowest BCUT2D eigenvalue weighted by Gasteiger charge is -2.32. The Kier molecular flexibility index (Phi) is 14.0. The summed E-state index contributed by atoms with van der Waals surface area (Å²) in [6, 6.07) is 0. The van der Waals surface area contributed by atoms with Crippen molar-refractivity contribution in [1.82, 2.24) is 0 Å². The Morgan fingerprint density at radius 1 is 0.857 bits per heavy atom. The van der Waals surface area contributed by atoms with E-state index in [1.165, 1.54) is 77.0 Å². The minimum atomic E-state index is -0.0635. The van der Waals surface area contributed by atoms with E-state index >= 15 is 0 Å². The molecule has 0 atom stereocenters. The zero-order valence-corrected chi connectivity index (χ0v) is 20.3. The number of ether oxygens (including phenoxy) is 1. The molecule has 0 N–H and O–H groups in total. The molecule has 1 aliphatic rings. The van der Waals surface area contributed by atoms with Gasteiger partial charge in [0.25, 0.3) is 0 Å². The van der Waals surface area contributed by atoms with Crippen LogP contribution in [0, 0.1) is 5.41 Å². The average molecular weight is 456 g/mol. The maximum Gasteiger partial charge on any atom is 0.128 e. The molecule has 0 saturated carbocycles. The van der Waals surface area contributed by atoms with Crippen molar-refractivity contribution in [3.05, 3.63) is 16.9 Å². The molecule has 0 saturated heterocycles. The van der Waals surface area contributed by atoms with Gasteiger partial charge in [-0.05, 0) is 26.2 Å². The molecule has 0 bridgehead atoms. The lowest BCUT2D eigenvalue weighted by Crippen LogP contribution is -2.22. The highest BCUT2D eigenvalue weighted by molar-refractivity contribution is 9.09. The standard InChI is InChI=1S/C25H43BrO2/c1-22-23(21-27)25(2,3)18-17-24(22)28-20-16-14-12-10-8-6-4-5-7-9-11-13-15-19-26/h4-20H2,1-3H3. The van der Waals surface area contributed by atoms with Crippen molar-refractivity contribution < 1.29 is 9.53 Å². The van der Waals surface area contributed by atoms with Gasteiger partial charge in [-0.15, -0.1) is 0 Å². The third kappa shape index (κ3) is 10.3. The fraction of sp³-hybridized carbons (Fsp3) is 0.840. The highest BCUT2D eigenvalue weighted by Gasteiger charge is 2.32. The zero-order valence-electron chi connectivity index (χ0n) is 18.7. The van der Waals surface area contributed by atoms with Gasteiger partial charge in [-0.2, -0.15) is 0 Å². The summed E-state index contributed by atoms with van der Waals surface area (Å²) in [5, 5.41) is 1.16. The second-order valence-corrected chi connectivity index (χ2v) is 9.84. The lowest BCUT2D eigenvalue weighted by atomic mass is 9.73. The van der Waals surface area contributed by atoms with E-state index < -0.39 is 0 Å². The molecule has 0 fully saturated rings. The maximum absolute atomic E-state index is 11.3. The first-order valence-electron chi connectivity index (χ1n) is 11.7. The van der Waals surface area contributed by atoms with Crippen LogP contribution in [0.1, 0.15) is 117 Å². The van der Waals surface area contributed by atoms with Crippen molar-refractivity contribution in [3.63, 3.8) is 0 Å². The molecule has 0 aromatic rings. The van der Waals surface area contributed by atoms with Crippen molar-refractivity contribution >= 4 is 21.9 Å².